The molecule has 1 nitrogen and oxygen atoms in total. The highest BCUT2D eigenvalue weighted by molar-refractivity contribution is 6.24. The topological polar surface area (TPSA) is 13.1 Å². The summed E-state index contributed by atoms with van der Waals surface area (Å²) >= 11 is 0. The second-order valence-corrected chi connectivity index (χ2v) is 12.2. The summed E-state index contributed by atoms with van der Waals surface area (Å²) in [4.78, 5) is 0. The van der Waals surface area contributed by atoms with Crippen molar-refractivity contribution >= 4 is 54.1 Å². The van der Waals surface area contributed by atoms with Gasteiger partial charge in [-0.1, -0.05) is 164 Å². The Balaban J connectivity index is 1.44. The fraction of sp³-hybridized carbons (Fsp3) is 0. The molecule has 0 unspecified atom stereocenters. The minimum atomic E-state index is -0.465. The third-order valence-electron chi connectivity index (χ3n) is 9.50. The molecule has 1 heterocycles. The largest absolute Gasteiger partial charge is 0.455 e. The molecule has 10 aromatic rings. The lowest BCUT2D eigenvalue weighted by atomic mass is 9.85. The van der Waals surface area contributed by atoms with Crippen LogP contribution in [0.1, 0.15) is 11.0 Å². The molecule has 10 rings (SSSR count). The maximum Gasteiger partial charge on any atom is 0.144 e. The Kier molecular flexibility index (Phi) is 4.69. The summed E-state index contributed by atoms with van der Waals surface area (Å²) in [7, 11) is 0. The highest BCUT2D eigenvalue weighted by Crippen LogP contribution is 2.49. The van der Waals surface area contributed by atoms with Gasteiger partial charge in [0, 0.05) is 16.5 Å². The summed E-state index contributed by atoms with van der Waals surface area (Å²) in [6.45, 7) is 0. The molecule has 0 saturated heterocycles. The molecule has 0 aliphatic rings. The first-order valence-corrected chi connectivity index (χ1v) is 16.2. The molecule has 0 amide bonds. The lowest BCUT2D eigenvalue weighted by molar-refractivity contribution is 0.634. The third-order valence-corrected chi connectivity index (χ3v) is 9.50. The van der Waals surface area contributed by atoms with Gasteiger partial charge in [0.15, 0.2) is 0 Å². The van der Waals surface area contributed by atoms with Gasteiger partial charge in [0.05, 0.1) is 11.0 Å². The molecule has 49 heavy (non-hydrogen) atoms. The summed E-state index contributed by atoms with van der Waals surface area (Å²) in [5.41, 5.74) is 4.86. The van der Waals surface area contributed by atoms with Gasteiger partial charge in [0.25, 0.3) is 0 Å². The van der Waals surface area contributed by atoms with Gasteiger partial charge < -0.3 is 4.42 Å². The van der Waals surface area contributed by atoms with E-state index in [1.165, 1.54) is 0 Å². The van der Waals surface area contributed by atoms with Gasteiger partial charge in [-0.3, -0.25) is 0 Å². The van der Waals surface area contributed by atoms with Crippen LogP contribution in [0.15, 0.2) is 186 Å². The summed E-state index contributed by atoms with van der Waals surface area (Å²) < 4.78 is 80.7. The zero-order valence-corrected chi connectivity index (χ0v) is 26.1. The Hall–Kier alpha value is -6.44. The number of fused-ring (bicyclic) bond motifs is 6. The monoisotopic (exact) mass is 630 g/mol. The summed E-state index contributed by atoms with van der Waals surface area (Å²) in [5, 5.41) is 5.07. The summed E-state index contributed by atoms with van der Waals surface area (Å²) in [6, 6.07) is 40.0. The molecule has 0 aliphatic carbocycles. The second-order valence-electron chi connectivity index (χ2n) is 12.2. The number of hydrogen-bond acceptors (Lipinski definition) is 1. The average Bonchev–Trinajstić information content (AvgIpc) is 3.64. The van der Waals surface area contributed by atoms with Crippen molar-refractivity contribution in [3.63, 3.8) is 0 Å². The van der Waals surface area contributed by atoms with Crippen molar-refractivity contribution in [3.05, 3.63) is 182 Å². The minimum Gasteiger partial charge on any atom is -0.455 e. The van der Waals surface area contributed by atoms with Crippen molar-refractivity contribution in [2.75, 3.05) is 0 Å². The Morgan fingerprint density at radius 3 is 1.57 bits per heavy atom. The fourth-order valence-electron chi connectivity index (χ4n) is 7.27. The van der Waals surface area contributed by atoms with E-state index >= 15 is 0 Å². The molecular formula is C48H30O. The zero-order valence-electron chi connectivity index (χ0n) is 34.1. The molecule has 0 N–H and O–H groups in total. The Bertz CT molecular complexity index is 3240. The Labute approximate surface area is 295 Å². The van der Waals surface area contributed by atoms with Crippen LogP contribution in [0.2, 0.25) is 0 Å². The van der Waals surface area contributed by atoms with E-state index in [0.29, 0.717) is 22.3 Å². The molecule has 0 spiro atoms. The van der Waals surface area contributed by atoms with E-state index in [-0.39, 0.29) is 57.0 Å². The van der Waals surface area contributed by atoms with Crippen molar-refractivity contribution in [1.29, 1.82) is 0 Å². The molecule has 228 valence electrons. The van der Waals surface area contributed by atoms with Gasteiger partial charge in [-0.2, -0.15) is 0 Å². The van der Waals surface area contributed by atoms with Crippen LogP contribution < -0.4 is 0 Å². The Morgan fingerprint density at radius 2 is 0.878 bits per heavy atom. The lowest BCUT2D eigenvalue weighted by Crippen LogP contribution is -1.91. The van der Waals surface area contributed by atoms with Gasteiger partial charge in [0.1, 0.15) is 11.3 Å². The maximum atomic E-state index is 9.54. The highest BCUT2D eigenvalue weighted by atomic mass is 16.3. The van der Waals surface area contributed by atoms with Crippen molar-refractivity contribution in [2.24, 2.45) is 0 Å². The molecule has 0 atom stereocenters. The normalized spacial score (nSPS) is 14.0. The van der Waals surface area contributed by atoms with Gasteiger partial charge in [0.2, 0.25) is 0 Å². The van der Waals surface area contributed by atoms with Gasteiger partial charge in [-0.15, -0.1) is 0 Å². The van der Waals surface area contributed by atoms with E-state index in [9.17, 15) is 5.48 Å². The van der Waals surface area contributed by atoms with Gasteiger partial charge in [-0.25, -0.2) is 0 Å². The van der Waals surface area contributed by atoms with E-state index in [2.05, 4.69) is 0 Å². The molecule has 0 bridgehead atoms. The van der Waals surface area contributed by atoms with Gasteiger partial charge >= 0.3 is 0 Å². The quantitative estimate of drug-likeness (QED) is 0.139. The van der Waals surface area contributed by atoms with Crippen LogP contribution in [0.4, 0.5) is 0 Å². The van der Waals surface area contributed by atoms with E-state index in [4.69, 9.17) is 9.90 Å². The Morgan fingerprint density at radius 1 is 0.347 bits per heavy atom. The van der Waals surface area contributed by atoms with Crippen LogP contribution in [-0.4, -0.2) is 0 Å². The van der Waals surface area contributed by atoms with Crippen molar-refractivity contribution in [3.8, 4) is 44.7 Å². The molecule has 0 saturated carbocycles. The van der Waals surface area contributed by atoms with E-state index in [1.807, 2.05) is 133 Å². The summed E-state index contributed by atoms with van der Waals surface area (Å²) in [6.07, 6.45) is 0. The van der Waals surface area contributed by atoms with E-state index < -0.39 is 24.2 Å². The molecular weight excluding hydrogens is 593 g/mol. The molecule has 1 aromatic heterocycles. The zero-order chi connectivity index (χ0) is 39.3. The maximum absolute atomic E-state index is 9.54. The first-order chi connectivity index (χ1) is 27.6. The third kappa shape index (κ3) is 4.40. The summed E-state index contributed by atoms with van der Waals surface area (Å²) in [5.74, 6) is 0.238. The van der Waals surface area contributed by atoms with Crippen molar-refractivity contribution in [1.82, 2.24) is 0 Å². The average molecular weight is 631 g/mol. The molecule has 0 aliphatic heterocycles. The smallest absolute Gasteiger partial charge is 0.144 e. The number of furan rings is 1. The first kappa shape index (κ1) is 20.7. The van der Waals surface area contributed by atoms with Crippen molar-refractivity contribution in [2.45, 2.75) is 0 Å². The number of rotatable bonds is 4. The number of hydrogen-bond donors (Lipinski definition) is 0. The predicted octanol–water partition coefficient (Wildman–Crippen LogP) is 13.7. The minimum absolute atomic E-state index is 0.103. The van der Waals surface area contributed by atoms with E-state index in [0.717, 1.165) is 43.6 Å². The fourth-order valence-corrected chi connectivity index (χ4v) is 7.27. The molecule has 9 aromatic carbocycles. The van der Waals surface area contributed by atoms with Crippen LogP contribution in [0.3, 0.4) is 0 Å². The van der Waals surface area contributed by atoms with Gasteiger partial charge in [-0.05, 0) is 89.1 Å². The predicted molar refractivity (Wildman–Crippen MR) is 208 cm³/mol. The highest BCUT2D eigenvalue weighted by Gasteiger charge is 2.24. The van der Waals surface area contributed by atoms with Crippen LogP contribution in [0.25, 0.3) is 98.8 Å². The van der Waals surface area contributed by atoms with Crippen LogP contribution >= 0.6 is 0 Å². The second kappa shape index (κ2) is 11.1. The lowest BCUT2D eigenvalue weighted by Gasteiger charge is -2.18. The standard InChI is InChI=1S/C48H30O/c1-3-13-31(14-4-1)35-27-28-44-43(29-35)46(34-16-5-2-6-17-34)48(49-44)47-40-21-11-9-19-38(40)45(39-20-10-12-22-41(39)47)36-26-25-33-24-23-32-15-7-8-18-37(32)42(33)30-36/h1-30H/i9D,10D,11D,12D,19D,20D,21D,22D. The molecule has 0 radical (unpaired) electrons. The van der Waals surface area contributed by atoms with Crippen molar-refractivity contribution < 1.29 is 15.4 Å². The molecule has 0 fully saturated rings. The SMILES string of the molecule is [2H]c1c([2H])c([2H])c2c(-c3oc4ccc(-c5ccccc5)cc4c3-c3ccccc3)c3c([2H])c([2H])c([2H])c([2H])c3c(-c3ccc4ccc5ccccc5c4c3)c2c1[2H]. The molecule has 1 heteroatoms. The van der Waals surface area contributed by atoms with E-state index in [1.54, 1.807) is 0 Å². The first-order valence-electron chi connectivity index (χ1n) is 20.2. The van der Waals surface area contributed by atoms with Crippen LogP contribution in [0.5, 0.6) is 0 Å². The number of benzene rings is 9. The van der Waals surface area contributed by atoms with Crippen LogP contribution in [-0.2, 0) is 0 Å². The van der Waals surface area contributed by atoms with Crippen LogP contribution in [0, 0.1) is 0 Å².